The summed E-state index contributed by atoms with van der Waals surface area (Å²) in [6.07, 6.45) is -9.84. The smallest absolute Gasteiger partial charge is 0.338 e. The van der Waals surface area contributed by atoms with Crippen molar-refractivity contribution in [1.29, 1.82) is 0 Å². The number of aliphatic hydroxyl groups is 1. The minimum atomic E-state index is -1.46. The molecule has 0 unspecified atom stereocenters. The summed E-state index contributed by atoms with van der Waals surface area (Å²) in [5, 5.41) is 15.8. The van der Waals surface area contributed by atoms with Crippen molar-refractivity contribution >= 4 is 5.97 Å². The Kier molecular flexibility index (Phi) is 16.6. The van der Waals surface area contributed by atoms with Gasteiger partial charge in [0.1, 0.15) is 49.3 Å². The van der Waals surface area contributed by atoms with Crippen molar-refractivity contribution in [2.24, 2.45) is 5.11 Å². The molecule has 0 radical (unpaired) electrons. The summed E-state index contributed by atoms with van der Waals surface area (Å²) in [5.41, 5.74) is 13.5. The Hall–Kier alpha value is -5.48. The van der Waals surface area contributed by atoms with Gasteiger partial charge >= 0.3 is 5.97 Å². The summed E-state index contributed by atoms with van der Waals surface area (Å²) >= 11 is 0. The number of rotatable bonds is 20. The second kappa shape index (κ2) is 23.1. The molecule has 2 fully saturated rings. The van der Waals surface area contributed by atoms with E-state index < -0.39 is 67.3 Å². The maximum absolute atomic E-state index is 13.4. The van der Waals surface area contributed by atoms with E-state index in [0.717, 1.165) is 22.3 Å². The topological polar surface area (TPSA) is 169 Å². The monoisotopic (exact) mass is 845 g/mol. The fourth-order valence-electron chi connectivity index (χ4n) is 7.41. The Bertz CT molecular complexity index is 2120. The van der Waals surface area contributed by atoms with Gasteiger partial charge in [0.2, 0.25) is 0 Å². The Morgan fingerprint density at radius 2 is 1.05 bits per heavy atom. The quantitative estimate of drug-likeness (QED) is 0.0360. The van der Waals surface area contributed by atoms with E-state index in [9.17, 15) is 15.4 Å². The van der Waals surface area contributed by atoms with Crippen molar-refractivity contribution in [3.05, 3.63) is 190 Å². The standard InChI is InChI=1S/C48H51N3O11/c1-54-47-40(50-51-49)41(52)42(38(60-47)31-55-27-33-17-7-2-8-18-33)62-48-45(58-30-36-23-13-5-14-24-36)44(57-29-35-21-11-4-12-22-35)43(56-28-34-19-9-3-10-20-34)39(61-48)32-59-46(53)37-25-15-6-16-26-37/h2-26,38-45,47-48,52H,27-32H2,1H3/t38-,39-,40-,41-,42+,43-,44+,45-,47+,48-/m1/s1. The maximum Gasteiger partial charge on any atom is 0.338 e. The van der Waals surface area contributed by atoms with Crippen molar-refractivity contribution in [2.75, 3.05) is 20.3 Å². The van der Waals surface area contributed by atoms with Crippen LogP contribution in [0.4, 0.5) is 0 Å². The summed E-state index contributed by atoms with van der Waals surface area (Å²) in [6.45, 7) is 0.390. The molecule has 10 atom stereocenters. The average molecular weight is 846 g/mol. The van der Waals surface area contributed by atoms with Crippen LogP contribution in [0.1, 0.15) is 32.6 Å². The molecule has 7 rings (SSSR count). The van der Waals surface area contributed by atoms with Crippen LogP contribution >= 0.6 is 0 Å². The molecule has 14 nitrogen and oxygen atoms in total. The van der Waals surface area contributed by atoms with Crippen LogP contribution < -0.4 is 0 Å². The van der Waals surface area contributed by atoms with Crippen LogP contribution in [-0.4, -0.2) is 92.7 Å². The number of carbonyl (C=O) groups excluding carboxylic acids is 1. The summed E-state index contributed by atoms with van der Waals surface area (Å²) in [6, 6.07) is 45.9. The zero-order valence-electron chi connectivity index (χ0n) is 34.3. The number of nitrogens with zero attached hydrogens (tertiary/aromatic N) is 3. The first-order chi connectivity index (χ1) is 30.5. The number of benzene rings is 5. The Labute approximate surface area is 360 Å². The lowest BCUT2D eigenvalue weighted by molar-refractivity contribution is -0.360. The first-order valence-corrected chi connectivity index (χ1v) is 20.5. The number of hydrogen-bond donors (Lipinski definition) is 1. The third-order valence-corrected chi connectivity index (χ3v) is 10.6. The third-order valence-electron chi connectivity index (χ3n) is 10.6. The number of methoxy groups -OCH3 is 1. The van der Waals surface area contributed by atoms with E-state index in [4.69, 9.17) is 42.6 Å². The summed E-state index contributed by atoms with van der Waals surface area (Å²) in [5.74, 6) is -0.563. The van der Waals surface area contributed by atoms with E-state index in [-0.39, 0.29) is 39.6 Å². The molecule has 0 amide bonds. The zero-order valence-corrected chi connectivity index (χ0v) is 34.3. The number of aliphatic hydroxyl groups excluding tert-OH is 1. The molecule has 0 aromatic heterocycles. The van der Waals surface area contributed by atoms with Gasteiger partial charge in [0.25, 0.3) is 0 Å². The molecule has 5 aromatic rings. The highest BCUT2D eigenvalue weighted by atomic mass is 16.8. The minimum Gasteiger partial charge on any atom is -0.459 e. The number of hydrogen-bond acceptors (Lipinski definition) is 12. The second-order valence-corrected chi connectivity index (χ2v) is 14.9. The van der Waals surface area contributed by atoms with Gasteiger partial charge in [-0.2, -0.15) is 0 Å². The molecule has 0 spiro atoms. The van der Waals surface area contributed by atoms with Gasteiger partial charge in [-0.1, -0.05) is 145 Å². The maximum atomic E-state index is 13.4. The van der Waals surface area contributed by atoms with Gasteiger partial charge < -0.3 is 47.7 Å². The number of esters is 1. The number of azide groups is 1. The van der Waals surface area contributed by atoms with Gasteiger partial charge in [0.15, 0.2) is 12.6 Å². The minimum absolute atomic E-state index is 0.0450. The molecule has 0 aliphatic carbocycles. The number of carbonyl (C=O) groups is 1. The molecular formula is C48H51N3O11. The molecular weight excluding hydrogens is 795 g/mol. The lowest BCUT2D eigenvalue weighted by Gasteiger charge is -2.49. The van der Waals surface area contributed by atoms with Crippen molar-refractivity contribution in [1.82, 2.24) is 0 Å². The fraction of sp³-hybridized carbons (Fsp3) is 0.354. The first-order valence-electron chi connectivity index (χ1n) is 20.5. The zero-order chi connectivity index (χ0) is 42.9. The summed E-state index contributed by atoms with van der Waals surface area (Å²) in [7, 11) is 1.39. The summed E-state index contributed by atoms with van der Waals surface area (Å²) in [4.78, 5) is 16.4. The molecule has 2 aliphatic heterocycles. The molecule has 2 heterocycles. The molecule has 2 saturated heterocycles. The molecule has 5 aromatic carbocycles. The van der Waals surface area contributed by atoms with E-state index in [0.29, 0.717) is 5.56 Å². The van der Waals surface area contributed by atoms with Gasteiger partial charge in [0.05, 0.1) is 44.7 Å². The van der Waals surface area contributed by atoms with E-state index in [2.05, 4.69) is 10.0 Å². The highest BCUT2D eigenvalue weighted by molar-refractivity contribution is 5.89. The predicted octanol–water partition coefficient (Wildman–Crippen LogP) is 7.34. The van der Waals surface area contributed by atoms with E-state index in [1.807, 2.05) is 127 Å². The third kappa shape index (κ3) is 12.1. The van der Waals surface area contributed by atoms with Gasteiger partial charge in [0, 0.05) is 12.0 Å². The van der Waals surface area contributed by atoms with Gasteiger partial charge in [-0.05, 0) is 39.9 Å². The van der Waals surface area contributed by atoms with Gasteiger partial charge in [-0.3, -0.25) is 0 Å². The van der Waals surface area contributed by atoms with Crippen LogP contribution in [0.3, 0.4) is 0 Å². The molecule has 1 N–H and O–H groups in total. The van der Waals surface area contributed by atoms with Crippen molar-refractivity contribution in [2.45, 2.75) is 87.8 Å². The fourth-order valence-corrected chi connectivity index (χ4v) is 7.41. The normalized spacial score (nSPS) is 26.0. The lowest BCUT2D eigenvalue weighted by atomic mass is 9.95. The van der Waals surface area contributed by atoms with Crippen molar-refractivity contribution in [3.63, 3.8) is 0 Å². The Morgan fingerprint density at radius 1 is 0.597 bits per heavy atom. The molecule has 14 heteroatoms. The second-order valence-electron chi connectivity index (χ2n) is 14.9. The Balaban J connectivity index is 1.25. The highest BCUT2D eigenvalue weighted by Crippen LogP contribution is 2.35. The molecule has 2 aliphatic rings. The van der Waals surface area contributed by atoms with E-state index in [1.165, 1.54) is 7.11 Å². The van der Waals surface area contributed by atoms with Crippen molar-refractivity contribution in [3.8, 4) is 0 Å². The number of ether oxygens (including phenoxy) is 9. The Morgan fingerprint density at radius 3 is 1.56 bits per heavy atom. The van der Waals surface area contributed by atoms with Crippen LogP contribution in [0.2, 0.25) is 0 Å². The lowest BCUT2D eigenvalue weighted by Crippen LogP contribution is -2.65. The van der Waals surface area contributed by atoms with Gasteiger partial charge in [-0.25, -0.2) is 4.79 Å². The molecule has 0 bridgehead atoms. The molecule has 0 saturated carbocycles. The molecule has 324 valence electrons. The van der Waals surface area contributed by atoms with E-state index >= 15 is 0 Å². The van der Waals surface area contributed by atoms with Crippen LogP contribution in [-0.2, 0) is 69.1 Å². The van der Waals surface area contributed by atoms with Crippen LogP contribution in [0, 0.1) is 0 Å². The predicted molar refractivity (Wildman–Crippen MR) is 226 cm³/mol. The van der Waals surface area contributed by atoms with Gasteiger partial charge in [-0.15, -0.1) is 0 Å². The van der Waals surface area contributed by atoms with Crippen LogP contribution in [0.25, 0.3) is 10.4 Å². The average Bonchev–Trinajstić information content (AvgIpc) is 3.32. The molecule has 62 heavy (non-hydrogen) atoms. The SMILES string of the molecule is CO[C@H]1O[C@H](COCc2ccccc2)[C@H](O[C@H]2O[C@H](COC(=O)c3ccccc3)[C@@H](OCc3ccccc3)[C@H](OCc3ccccc3)[C@H]2OCc2ccccc2)[C@H](O)[C@H]1N=[N+]=[N-]. The first kappa shape index (κ1) is 44.6. The highest BCUT2D eigenvalue weighted by Gasteiger charge is 2.53. The van der Waals surface area contributed by atoms with Crippen LogP contribution in [0.5, 0.6) is 0 Å². The largest absolute Gasteiger partial charge is 0.459 e. The summed E-state index contributed by atoms with van der Waals surface area (Å²) < 4.78 is 57.8. The van der Waals surface area contributed by atoms with Crippen molar-refractivity contribution < 1.29 is 52.5 Å². The van der Waals surface area contributed by atoms with E-state index in [1.54, 1.807) is 24.3 Å². The van der Waals surface area contributed by atoms with Crippen LogP contribution in [0.15, 0.2) is 157 Å².